The highest BCUT2D eigenvalue weighted by molar-refractivity contribution is 5.97. The summed E-state index contributed by atoms with van der Waals surface area (Å²) < 4.78 is 16.4. The lowest BCUT2D eigenvalue weighted by molar-refractivity contribution is -0.123. The molecule has 0 amide bonds. The van der Waals surface area contributed by atoms with Crippen LogP contribution < -0.4 is 10.1 Å². The number of Topliss-reactive ketones (excluding diaryl/α,β-unsaturated/α-hetero) is 1. The topological polar surface area (TPSA) is 77.0 Å². The van der Waals surface area contributed by atoms with E-state index in [1.165, 1.54) is 14.2 Å². The van der Waals surface area contributed by atoms with Gasteiger partial charge in [0, 0.05) is 17.4 Å². The number of hydrogen-bond acceptors (Lipinski definition) is 6. The van der Waals surface area contributed by atoms with Gasteiger partial charge in [-0.05, 0) is 37.4 Å². The minimum Gasteiger partial charge on any atom is -0.504 e. The summed E-state index contributed by atoms with van der Waals surface area (Å²) in [7, 11) is 4.62. The minimum atomic E-state index is -0.552. The first kappa shape index (κ1) is 16.3. The molecule has 134 valence electrons. The Morgan fingerprint density at radius 2 is 1.92 bits per heavy atom. The average Bonchev–Trinajstić information content (AvgIpc) is 2.99. The number of phenols is 1. The van der Waals surface area contributed by atoms with Crippen molar-refractivity contribution in [2.45, 2.75) is 36.6 Å². The Morgan fingerprint density at radius 3 is 2.60 bits per heavy atom. The molecular weight excluding hydrogens is 322 g/mol. The molecule has 2 N–H and O–H groups in total. The van der Waals surface area contributed by atoms with Gasteiger partial charge < -0.3 is 24.6 Å². The molecule has 2 atom stereocenters. The van der Waals surface area contributed by atoms with Gasteiger partial charge in [-0.25, -0.2) is 0 Å². The highest BCUT2D eigenvalue weighted by atomic mass is 16.5. The van der Waals surface area contributed by atoms with Crippen LogP contribution in [0.25, 0.3) is 0 Å². The molecule has 0 aromatic heterocycles. The van der Waals surface area contributed by atoms with Crippen LogP contribution in [-0.2, 0) is 26.1 Å². The number of allylic oxidation sites excluding steroid dienone is 1. The van der Waals surface area contributed by atoms with Gasteiger partial charge >= 0.3 is 0 Å². The van der Waals surface area contributed by atoms with Crippen molar-refractivity contribution in [3.63, 3.8) is 0 Å². The third kappa shape index (κ3) is 1.80. The number of carbonyl (C=O) groups is 1. The summed E-state index contributed by atoms with van der Waals surface area (Å²) in [6.07, 6.45) is 2.59. The van der Waals surface area contributed by atoms with E-state index in [2.05, 4.69) is 5.32 Å². The Hall–Kier alpha value is -2.21. The largest absolute Gasteiger partial charge is 0.504 e. The fourth-order valence-electron chi connectivity index (χ4n) is 5.27. The molecule has 1 heterocycles. The van der Waals surface area contributed by atoms with Crippen LogP contribution in [0.4, 0.5) is 0 Å². The van der Waals surface area contributed by atoms with Crippen molar-refractivity contribution < 1.29 is 24.1 Å². The van der Waals surface area contributed by atoms with E-state index >= 15 is 0 Å². The van der Waals surface area contributed by atoms with Crippen LogP contribution in [0.5, 0.6) is 11.5 Å². The summed E-state index contributed by atoms with van der Waals surface area (Å²) in [5.41, 5.74) is 0.796. The molecule has 0 spiro atoms. The second kappa shape index (κ2) is 5.39. The highest BCUT2D eigenvalue weighted by Gasteiger charge is 2.66. The van der Waals surface area contributed by atoms with E-state index < -0.39 is 11.0 Å². The molecule has 25 heavy (non-hydrogen) atoms. The maximum atomic E-state index is 12.9. The molecule has 4 rings (SSSR count). The number of nitrogens with one attached hydrogen (secondary N) is 1. The molecule has 1 aromatic rings. The van der Waals surface area contributed by atoms with Crippen LogP contribution in [0.2, 0.25) is 0 Å². The number of benzene rings is 1. The third-order valence-corrected chi connectivity index (χ3v) is 6.21. The van der Waals surface area contributed by atoms with Crippen LogP contribution in [0.1, 0.15) is 30.4 Å². The van der Waals surface area contributed by atoms with Gasteiger partial charge in [0.2, 0.25) is 11.5 Å². The van der Waals surface area contributed by atoms with Crippen molar-refractivity contribution in [3.05, 3.63) is 34.8 Å². The second-order valence-electron chi connectivity index (χ2n) is 6.98. The Morgan fingerprint density at radius 1 is 1.12 bits per heavy atom. The van der Waals surface area contributed by atoms with Crippen molar-refractivity contribution in [2.75, 3.05) is 27.9 Å². The molecule has 1 saturated heterocycles. The summed E-state index contributed by atoms with van der Waals surface area (Å²) in [5.74, 6) is 1.32. The molecule has 6 heteroatoms. The Labute approximate surface area is 146 Å². The Kier molecular flexibility index (Phi) is 3.51. The number of rotatable bonds is 3. The first-order chi connectivity index (χ1) is 12.0. The summed E-state index contributed by atoms with van der Waals surface area (Å²) in [6.45, 7) is 0.743. The standard InChI is InChI=1S/C19H23NO5/c1-23-13-5-4-11-6-7-19-17(25-3)16(24-2)12(21)10-18(19,8-9-20-19)14(11)15(13)22/h4-5,20,22H,6-10H2,1-3H3/t18-,19+/m0/s1. The number of fused-ring (bicyclic) bond motifs is 1. The van der Waals surface area contributed by atoms with E-state index in [4.69, 9.17) is 14.2 Å². The fraction of sp³-hybridized carbons (Fsp3) is 0.526. The van der Waals surface area contributed by atoms with E-state index in [-0.39, 0.29) is 18.0 Å². The van der Waals surface area contributed by atoms with E-state index in [0.29, 0.717) is 17.3 Å². The predicted molar refractivity (Wildman–Crippen MR) is 90.7 cm³/mol. The van der Waals surface area contributed by atoms with Crippen molar-refractivity contribution in [2.24, 2.45) is 0 Å². The maximum absolute atomic E-state index is 12.9. The van der Waals surface area contributed by atoms with Crippen molar-refractivity contribution in [1.82, 2.24) is 5.32 Å². The van der Waals surface area contributed by atoms with E-state index in [1.54, 1.807) is 13.2 Å². The second-order valence-corrected chi connectivity index (χ2v) is 6.98. The van der Waals surface area contributed by atoms with Gasteiger partial charge in [-0.15, -0.1) is 0 Å². The lowest BCUT2D eigenvalue weighted by atomic mass is 9.54. The molecule has 1 aromatic carbocycles. The summed E-state index contributed by atoms with van der Waals surface area (Å²) in [4.78, 5) is 12.9. The average molecular weight is 345 g/mol. The van der Waals surface area contributed by atoms with Crippen LogP contribution in [0.15, 0.2) is 23.7 Å². The summed E-state index contributed by atoms with van der Waals surface area (Å²) >= 11 is 0. The van der Waals surface area contributed by atoms with Gasteiger partial charge in [-0.1, -0.05) is 6.07 Å². The number of methoxy groups -OCH3 is 3. The number of aromatic hydroxyl groups is 1. The quantitative estimate of drug-likeness (QED) is 0.870. The SMILES string of the molecule is COC1=C(OC)[C@]23CCc4ccc(OC)c(O)c4[C@]2(CCN3)CC1=O. The molecule has 0 saturated carbocycles. The zero-order valence-electron chi connectivity index (χ0n) is 14.8. The lowest BCUT2D eigenvalue weighted by Crippen LogP contribution is -2.62. The monoisotopic (exact) mass is 345 g/mol. The number of hydrogen-bond donors (Lipinski definition) is 2. The lowest BCUT2D eigenvalue weighted by Gasteiger charge is -2.52. The number of carbonyl (C=O) groups excluding carboxylic acids is 1. The number of phenolic OH excluding ortho intramolecular Hbond substituents is 1. The van der Waals surface area contributed by atoms with Gasteiger partial charge in [0.15, 0.2) is 17.3 Å². The first-order valence-electron chi connectivity index (χ1n) is 8.55. The Bertz CT molecular complexity index is 786. The summed E-state index contributed by atoms with van der Waals surface area (Å²) in [5, 5.41) is 14.5. The van der Waals surface area contributed by atoms with Crippen molar-refractivity contribution in [3.8, 4) is 11.5 Å². The van der Waals surface area contributed by atoms with Gasteiger partial charge in [-0.3, -0.25) is 4.79 Å². The van der Waals surface area contributed by atoms with Crippen molar-refractivity contribution in [1.29, 1.82) is 0 Å². The number of ether oxygens (including phenoxy) is 3. The molecule has 0 radical (unpaired) electrons. The Balaban J connectivity index is 2.04. The van der Waals surface area contributed by atoms with Gasteiger partial charge in [0.25, 0.3) is 0 Å². The van der Waals surface area contributed by atoms with Crippen LogP contribution >= 0.6 is 0 Å². The van der Waals surface area contributed by atoms with Crippen LogP contribution in [0, 0.1) is 0 Å². The molecule has 1 aliphatic heterocycles. The first-order valence-corrected chi connectivity index (χ1v) is 8.55. The molecule has 3 aliphatic rings. The maximum Gasteiger partial charge on any atom is 0.201 e. The molecule has 0 unspecified atom stereocenters. The van der Waals surface area contributed by atoms with Gasteiger partial charge in [-0.2, -0.15) is 0 Å². The summed E-state index contributed by atoms with van der Waals surface area (Å²) in [6, 6.07) is 3.79. The number of ketones is 1. The molecular formula is C19H23NO5. The van der Waals surface area contributed by atoms with E-state index in [0.717, 1.165) is 36.9 Å². The van der Waals surface area contributed by atoms with Crippen LogP contribution in [-0.4, -0.2) is 44.3 Å². The molecule has 0 bridgehead atoms. The molecule has 1 fully saturated rings. The smallest absolute Gasteiger partial charge is 0.201 e. The zero-order chi connectivity index (χ0) is 17.8. The minimum absolute atomic E-state index is 0.0891. The van der Waals surface area contributed by atoms with E-state index in [9.17, 15) is 9.90 Å². The van der Waals surface area contributed by atoms with Gasteiger partial charge in [0.1, 0.15) is 0 Å². The fourth-order valence-corrected chi connectivity index (χ4v) is 5.27. The highest BCUT2D eigenvalue weighted by Crippen LogP contribution is 2.61. The number of aryl methyl sites for hydroxylation is 1. The van der Waals surface area contributed by atoms with Crippen LogP contribution in [0.3, 0.4) is 0 Å². The zero-order valence-corrected chi connectivity index (χ0v) is 14.8. The molecule has 6 nitrogen and oxygen atoms in total. The molecule has 2 aliphatic carbocycles. The normalized spacial score (nSPS) is 30.4. The predicted octanol–water partition coefficient (Wildman–Crippen LogP) is 1.79. The van der Waals surface area contributed by atoms with Gasteiger partial charge in [0.05, 0.1) is 26.9 Å². The van der Waals surface area contributed by atoms with Crippen molar-refractivity contribution >= 4 is 5.78 Å². The van der Waals surface area contributed by atoms with E-state index in [1.807, 2.05) is 6.07 Å². The third-order valence-electron chi connectivity index (χ3n) is 6.21.